The Morgan fingerprint density at radius 3 is 2.85 bits per heavy atom. The summed E-state index contributed by atoms with van der Waals surface area (Å²) in [5, 5.41) is 15.4. The Hall–Kier alpha value is -2.13. The van der Waals surface area contributed by atoms with Gasteiger partial charge in [-0.05, 0) is 24.6 Å². The molecule has 1 aromatic heterocycles. The molecule has 0 amide bonds. The lowest BCUT2D eigenvalue weighted by atomic mass is 10.2. The van der Waals surface area contributed by atoms with E-state index in [1.54, 1.807) is 18.5 Å². The van der Waals surface area contributed by atoms with Crippen LogP contribution in [0, 0.1) is 11.3 Å². The van der Waals surface area contributed by atoms with Gasteiger partial charge < -0.3 is 10.6 Å². The van der Waals surface area contributed by atoms with Crippen LogP contribution < -0.4 is 10.6 Å². The van der Waals surface area contributed by atoms with E-state index in [1.165, 1.54) is 0 Å². The predicted molar refractivity (Wildman–Crippen MR) is 83.0 cm³/mol. The fourth-order valence-corrected chi connectivity index (χ4v) is 1.98. The van der Waals surface area contributed by atoms with E-state index in [2.05, 4.69) is 49.5 Å². The van der Waals surface area contributed by atoms with Crippen molar-refractivity contribution in [3.05, 3.63) is 40.6 Å². The van der Waals surface area contributed by atoms with E-state index >= 15 is 0 Å². The van der Waals surface area contributed by atoms with Crippen LogP contribution in [-0.2, 0) is 0 Å². The number of rotatable bonds is 5. The van der Waals surface area contributed by atoms with E-state index < -0.39 is 0 Å². The Morgan fingerprint density at radius 2 is 2.10 bits per heavy atom. The van der Waals surface area contributed by atoms with Gasteiger partial charge in [0.1, 0.15) is 11.9 Å². The average Bonchev–Trinajstić information content (AvgIpc) is 2.46. The van der Waals surface area contributed by atoms with Crippen molar-refractivity contribution in [1.29, 1.82) is 5.26 Å². The molecule has 0 aliphatic carbocycles. The number of aromatic nitrogens is 2. The number of halogens is 1. The molecular formula is C14H14BrN5. The molecule has 1 aromatic carbocycles. The van der Waals surface area contributed by atoms with Crippen molar-refractivity contribution < 1.29 is 0 Å². The maximum Gasteiger partial charge on any atom is 0.151 e. The summed E-state index contributed by atoms with van der Waals surface area (Å²) in [5.74, 6) is 1.31. The third kappa shape index (κ3) is 3.68. The zero-order valence-corrected chi connectivity index (χ0v) is 12.6. The van der Waals surface area contributed by atoms with Crippen molar-refractivity contribution in [1.82, 2.24) is 9.97 Å². The van der Waals surface area contributed by atoms with Crippen LogP contribution in [0.15, 0.2) is 35.1 Å². The number of benzene rings is 1. The summed E-state index contributed by atoms with van der Waals surface area (Å²) >= 11 is 3.39. The maximum atomic E-state index is 9.10. The summed E-state index contributed by atoms with van der Waals surface area (Å²) in [5.41, 5.74) is 1.26. The standard InChI is InChI=1S/C14H14BrN5/c1-2-5-18-13-8-17-9-14(20-13)19-12-6-11(15)4-3-10(12)7-16/h3-4,6,8-9H,2,5H2,1H3,(H2,18,19,20). The average molecular weight is 332 g/mol. The lowest BCUT2D eigenvalue weighted by Gasteiger charge is -2.09. The summed E-state index contributed by atoms with van der Waals surface area (Å²) in [6, 6.07) is 7.56. The largest absolute Gasteiger partial charge is 0.369 e. The molecule has 0 aliphatic rings. The highest BCUT2D eigenvalue weighted by Gasteiger charge is 2.05. The number of nitrogens with zero attached hydrogens (tertiary/aromatic N) is 3. The van der Waals surface area contributed by atoms with Gasteiger partial charge in [-0.15, -0.1) is 0 Å². The van der Waals surface area contributed by atoms with Crippen molar-refractivity contribution in [2.75, 3.05) is 17.2 Å². The molecule has 20 heavy (non-hydrogen) atoms. The first-order valence-electron chi connectivity index (χ1n) is 6.25. The highest BCUT2D eigenvalue weighted by molar-refractivity contribution is 9.10. The fourth-order valence-electron chi connectivity index (χ4n) is 1.62. The SMILES string of the molecule is CCCNc1cncc(Nc2cc(Br)ccc2C#N)n1. The van der Waals surface area contributed by atoms with Gasteiger partial charge in [-0.25, -0.2) is 4.98 Å². The molecule has 0 radical (unpaired) electrons. The van der Waals surface area contributed by atoms with Crippen molar-refractivity contribution in [2.45, 2.75) is 13.3 Å². The van der Waals surface area contributed by atoms with Crippen LogP contribution in [0.4, 0.5) is 17.3 Å². The highest BCUT2D eigenvalue weighted by atomic mass is 79.9. The second kappa shape index (κ2) is 6.87. The van der Waals surface area contributed by atoms with Gasteiger partial charge in [-0.2, -0.15) is 5.26 Å². The van der Waals surface area contributed by atoms with E-state index in [-0.39, 0.29) is 0 Å². The number of nitrogens with one attached hydrogen (secondary N) is 2. The number of anilines is 3. The first-order valence-corrected chi connectivity index (χ1v) is 7.05. The minimum absolute atomic E-state index is 0.557. The Balaban J connectivity index is 2.22. The zero-order chi connectivity index (χ0) is 14.4. The lowest BCUT2D eigenvalue weighted by molar-refractivity contribution is 0.965. The molecule has 0 atom stereocenters. The Morgan fingerprint density at radius 1 is 1.30 bits per heavy atom. The molecule has 0 saturated carbocycles. The van der Waals surface area contributed by atoms with E-state index in [0.717, 1.165) is 17.4 Å². The van der Waals surface area contributed by atoms with Gasteiger partial charge in [0, 0.05) is 11.0 Å². The second-order valence-electron chi connectivity index (χ2n) is 4.14. The fraction of sp³-hybridized carbons (Fsp3) is 0.214. The molecule has 6 heteroatoms. The predicted octanol–water partition coefficient (Wildman–Crippen LogP) is 3.68. The Labute approximate surface area is 126 Å². The van der Waals surface area contributed by atoms with Crippen molar-refractivity contribution in [3.63, 3.8) is 0 Å². The zero-order valence-electron chi connectivity index (χ0n) is 11.0. The van der Waals surface area contributed by atoms with E-state index in [9.17, 15) is 0 Å². The molecule has 2 rings (SSSR count). The summed E-state index contributed by atoms with van der Waals surface area (Å²) in [6.07, 6.45) is 4.32. The van der Waals surface area contributed by atoms with Gasteiger partial charge in [0.2, 0.25) is 0 Å². The summed E-state index contributed by atoms with van der Waals surface area (Å²) in [4.78, 5) is 8.53. The Bertz CT molecular complexity index is 636. The minimum Gasteiger partial charge on any atom is -0.369 e. The smallest absolute Gasteiger partial charge is 0.151 e. The van der Waals surface area contributed by atoms with Crippen molar-refractivity contribution in [2.24, 2.45) is 0 Å². The van der Waals surface area contributed by atoms with Gasteiger partial charge in [0.05, 0.1) is 23.6 Å². The van der Waals surface area contributed by atoms with E-state index in [4.69, 9.17) is 5.26 Å². The van der Waals surface area contributed by atoms with Gasteiger partial charge in [-0.3, -0.25) is 4.98 Å². The third-order valence-corrected chi connectivity index (χ3v) is 3.05. The number of hydrogen-bond acceptors (Lipinski definition) is 5. The van der Waals surface area contributed by atoms with Crippen LogP contribution in [-0.4, -0.2) is 16.5 Å². The van der Waals surface area contributed by atoms with Crippen molar-refractivity contribution >= 4 is 33.3 Å². The molecule has 0 saturated heterocycles. The minimum atomic E-state index is 0.557. The summed E-state index contributed by atoms with van der Waals surface area (Å²) in [6.45, 7) is 2.93. The molecule has 0 bridgehead atoms. The first-order chi connectivity index (χ1) is 9.72. The molecule has 1 heterocycles. The van der Waals surface area contributed by atoms with Crippen LogP contribution in [0.25, 0.3) is 0 Å². The molecule has 2 N–H and O–H groups in total. The lowest BCUT2D eigenvalue weighted by Crippen LogP contribution is -2.04. The molecule has 0 aliphatic heterocycles. The molecule has 102 valence electrons. The normalized spacial score (nSPS) is 9.85. The monoisotopic (exact) mass is 331 g/mol. The van der Waals surface area contributed by atoms with Gasteiger partial charge in [0.15, 0.2) is 5.82 Å². The van der Waals surface area contributed by atoms with E-state index in [0.29, 0.717) is 22.9 Å². The molecule has 5 nitrogen and oxygen atoms in total. The quantitative estimate of drug-likeness (QED) is 0.874. The van der Waals surface area contributed by atoms with Gasteiger partial charge in [0.25, 0.3) is 0 Å². The van der Waals surface area contributed by atoms with E-state index in [1.807, 2.05) is 12.1 Å². The summed E-state index contributed by atoms with van der Waals surface area (Å²) in [7, 11) is 0. The van der Waals surface area contributed by atoms with Crippen LogP contribution in [0.2, 0.25) is 0 Å². The molecule has 0 fully saturated rings. The Kier molecular flexibility index (Phi) is 4.91. The molecule has 0 spiro atoms. The third-order valence-electron chi connectivity index (χ3n) is 2.56. The number of hydrogen-bond donors (Lipinski definition) is 2. The van der Waals surface area contributed by atoms with Crippen LogP contribution >= 0.6 is 15.9 Å². The topological polar surface area (TPSA) is 73.6 Å². The highest BCUT2D eigenvalue weighted by Crippen LogP contribution is 2.23. The van der Waals surface area contributed by atoms with Crippen molar-refractivity contribution in [3.8, 4) is 6.07 Å². The van der Waals surface area contributed by atoms with Gasteiger partial charge in [-0.1, -0.05) is 22.9 Å². The molecule has 0 unspecified atom stereocenters. The van der Waals surface area contributed by atoms with Crippen LogP contribution in [0.5, 0.6) is 0 Å². The molecular weight excluding hydrogens is 318 g/mol. The maximum absolute atomic E-state index is 9.10. The van der Waals surface area contributed by atoms with Crippen LogP contribution in [0.3, 0.4) is 0 Å². The first kappa shape index (κ1) is 14.3. The number of nitriles is 1. The van der Waals surface area contributed by atoms with Crippen LogP contribution in [0.1, 0.15) is 18.9 Å². The summed E-state index contributed by atoms with van der Waals surface area (Å²) < 4.78 is 0.896. The van der Waals surface area contributed by atoms with Gasteiger partial charge >= 0.3 is 0 Å². The molecule has 2 aromatic rings. The second-order valence-corrected chi connectivity index (χ2v) is 5.06.